The lowest BCUT2D eigenvalue weighted by molar-refractivity contribution is -0.124. The lowest BCUT2D eigenvalue weighted by Gasteiger charge is -2.03. The summed E-state index contributed by atoms with van der Waals surface area (Å²) in [5.74, 6) is -0.388. The Hall–Kier alpha value is -2.54. The van der Waals surface area contributed by atoms with Crippen molar-refractivity contribution in [2.45, 2.75) is 64.6 Å². The van der Waals surface area contributed by atoms with Gasteiger partial charge in [0.25, 0.3) is 0 Å². The Labute approximate surface area is 188 Å². The average molecular weight is 467 g/mol. The van der Waals surface area contributed by atoms with Crippen LogP contribution in [0, 0.1) is 0 Å². The number of Topliss-reactive ketones (excluding diaryl/α,β-unsaturated/α-hetero) is 2. The van der Waals surface area contributed by atoms with Crippen LogP contribution in [0.5, 0.6) is 0 Å². The summed E-state index contributed by atoms with van der Waals surface area (Å²) in [4.78, 5) is 59.9. The molecule has 0 fully saturated rings. The first kappa shape index (κ1) is 36.8. The van der Waals surface area contributed by atoms with Crippen molar-refractivity contribution in [3.8, 4) is 0 Å². The maximum Gasteiger partial charge on any atom is 0.226 e. The monoisotopic (exact) mass is 466 g/mol. The van der Waals surface area contributed by atoms with Gasteiger partial charge < -0.3 is 50.2 Å². The van der Waals surface area contributed by atoms with E-state index in [0.717, 1.165) is 6.29 Å². The molecule has 12 nitrogen and oxygen atoms in total. The smallest absolute Gasteiger partial charge is 0.226 e. The Morgan fingerprint density at radius 2 is 1.25 bits per heavy atom. The maximum absolute atomic E-state index is 10.4. The fourth-order valence-electron chi connectivity index (χ4n) is 1.28. The summed E-state index contributed by atoms with van der Waals surface area (Å²) in [7, 11) is 2.97. The highest BCUT2D eigenvalue weighted by atomic mass is 16.3. The number of aliphatic hydroxyl groups is 4. The molecule has 0 spiro atoms. The molecule has 0 heterocycles. The van der Waals surface area contributed by atoms with Gasteiger partial charge in [-0.3, -0.25) is 9.59 Å². The molecule has 0 aromatic heterocycles. The van der Waals surface area contributed by atoms with E-state index in [0.29, 0.717) is 32.0 Å². The molecule has 0 saturated heterocycles. The van der Waals surface area contributed by atoms with Gasteiger partial charge >= 0.3 is 0 Å². The van der Waals surface area contributed by atoms with Gasteiger partial charge in [0.15, 0.2) is 0 Å². The van der Waals surface area contributed by atoms with Crippen molar-refractivity contribution in [3.63, 3.8) is 0 Å². The van der Waals surface area contributed by atoms with Crippen molar-refractivity contribution in [2.24, 2.45) is 0 Å². The topological polar surface area (TPSA) is 207 Å². The van der Waals surface area contributed by atoms with E-state index in [9.17, 15) is 28.8 Å². The SMILES string of the molecule is CC(=O)CCC(O)CO.CC(=O)CCC=O.CNC(=O)CC(O)CO.CNC(=O)CC=O. The highest BCUT2D eigenvalue weighted by Crippen LogP contribution is 1.95. The van der Waals surface area contributed by atoms with Crippen molar-refractivity contribution in [3.05, 3.63) is 0 Å². The Morgan fingerprint density at radius 1 is 0.781 bits per heavy atom. The van der Waals surface area contributed by atoms with Crippen LogP contribution in [0.1, 0.15) is 52.4 Å². The molecule has 2 atom stereocenters. The number of aliphatic hydroxyl groups excluding tert-OH is 4. The van der Waals surface area contributed by atoms with Crippen molar-refractivity contribution >= 4 is 36.0 Å². The van der Waals surface area contributed by atoms with E-state index in [4.69, 9.17) is 20.4 Å². The predicted octanol–water partition coefficient (Wildman–Crippen LogP) is -1.94. The summed E-state index contributed by atoms with van der Waals surface area (Å²) >= 11 is 0. The molecule has 32 heavy (non-hydrogen) atoms. The third kappa shape index (κ3) is 41.7. The molecule has 12 heteroatoms. The minimum atomic E-state index is -0.926. The van der Waals surface area contributed by atoms with E-state index in [1.807, 2.05) is 0 Å². The Kier molecular flexibility index (Phi) is 32.7. The zero-order chi connectivity index (χ0) is 25.9. The quantitative estimate of drug-likeness (QED) is 0.138. The Bertz CT molecular complexity index is 527. The summed E-state index contributed by atoms with van der Waals surface area (Å²) < 4.78 is 0. The van der Waals surface area contributed by atoms with Crippen molar-refractivity contribution in [2.75, 3.05) is 27.3 Å². The first-order valence-electron chi connectivity index (χ1n) is 9.80. The molecule has 0 radical (unpaired) electrons. The molecule has 0 aromatic rings. The normalized spacial score (nSPS) is 10.8. The summed E-state index contributed by atoms with van der Waals surface area (Å²) in [5.41, 5.74) is 0. The third-order valence-electron chi connectivity index (χ3n) is 3.11. The Balaban J connectivity index is -0.000000165. The number of hydrogen-bond acceptors (Lipinski definition) is 10. The first-order chi connectivity index (χ1) is 14.9. The molecule has 2 amide bonds. The van der Waals surface area contributed by atoms with E-state index < -0.39 is 12.2 Å². The molecule has 6 N–H and O–H groups in total. The van der Waals surface area contributed by atoms with Gasteiger partial charge in [0.1, 0.15) is 24.1 Å². The number of aldehydes is 2. The average Bonchev–Trinajstić information content (AvgIpc) is 2.76. The first-order valence-corrected chi connectivity index (χ1v) is 9.80. The molecule has 0 aliphatic rings. The number of carbonyl (C=O) groups excluding carboxylic acids is 6. The minimum Gasteiger partial charge on any atom is -0.394 e. The molecule has 0 rings (SSSR count). The standard InChI is InChI=1S/C6H12O3.C5H11NO3.C5H8O2.C4H7NO2/c1-5(8)2-3-6(9)4-7;1-6-5(9)2-4(8)3-7;1-5(7)3-2-4-6;1-5-4(7)2-3-6/h6-7,9H,2-4H2,1H3;4,7-8H,2-3H2,1H3,(H,6,9);4H,2-3H2,1H3;3H,2H2,1H3,(H,5,7). The van der Waals surface area contributed by atoms with Crippen molar-refractivity contribution < 1.29 is 49.2 Å². The predicted molar refractivity (Wildman–Crippen MR) is 116 cm³/mol. The summed E-state index contributed by atoms with van der Waals surface area (Å²) in [6, 6.07) is 0. The number of nitrogens with one attached hydrogen (secondary N) is 2. The van der Waals surface area contributed by atoms with Gasteiger partial charge in [-0.25, -0.2) is 0 Å². The number of carbonyl (C=O) groups is 6. The largest absolute Gasteiger partial charge is 0.394 e. The van der Waals surface area contributed by atoms with Gasteiger partial charge in [-0.15, -0.1) is 0 Å². The van der Waals surface area contributed by atoms with Crippen LogP contribution in [0.3, 0.4) is 0 Å². The van der Waals surface area contributed by atoms with Gasteiger partial charge in [0.2, 0.25) is 11.8 Å². The fraction of sp³-hybridized carbons (Fsp3) is 0.700. The summed E-state index contributed by atoms with van der Waals surface area (Å²) in [5, 5.41) is 38.5. The lowest BCUT2D eigenvalue weighted by atomic mass is 10.2. The third-order valence-corrected chi connectivity index (χ3v) is 3.11. The number of amides is 2. The second-order valence-corrected chi connectivity index (χ2v) is 6.24. The molecule has 0 aliphatic heterocycles. The highest BCUT2D eigenvalue weighted by Gasteiger charge is 2.06. The molecule has 0 aromatic carbocycles. The van der Waals surface area contributed by atoms with Crippen molar-refractivity contribution in [1.29, 1.82) is 0 Å². The molecule has 0 bridgehead atoms. The summed E-state index contributed by atoms with van der Waals surface area (Å²) in [6.45, 7) is 2.31. The highest BCUT2D eigenvalue weighted by molar-refractivity contribution is 5.87. The fourth-order valence-corrected chi connectivity index (χ4v) is 1.28. The maximum atomic E-state index is 10.4. The van der Waals surface area contributed by atoms with E-state index in [1.54, 1.807) is 0 Å². The van der Waals surface area contributed by atoms with Crippen molar-refractivity contribution in [1.82, 2.24) is 10.6 Å². The molecule has 188 valence electrons. The molecular formula is C20H38N2O10. The zero-order valence-corrected chi connectivity index (χ0v) is 19.2. The summed E-state index contributed by atoms with van der Waals surface area (Å²) in [6.07, 6.45) is 1.08. The minimum absolute atomic E-state index is 0.0312. The van der Waals surface area contributed by atoms with E-state index in [1.165, 1.54) is 27.9 Å². The Morgan fingerprint density at radius 3 is 1.50 bits per heavy atom. The van der Waals surface area contributed by atoms with Crippen LogP contribution in [-0.4, -0.2) is 95.9 Å². The van der Waals surface area contributed by atoms with E-state index >= 15 is 0 Å². The number of rotatable bonds is 12. The van der Waals surface area contributed by atoms with Gasteiger partial charge in [-0.1, -0.05) is 0 Å². The number of hydrogen-bond donors (Lipinski definition) is 6. The number of ketones is 2. The van der Waals surface area contributed by atoms with Crippen LogP contribution in [0.2, 0.25) is 0 Å². The zero-order valence-electron chi connectivity index (χ0n) is 19.2. The van der Waals surface area contributed by atoms with Crippen LogP contribution in [0.25, 0.3) is 0 Å². The van der Waals surface area contributed by atoms with Gasteiger partial charge in [-0.2, -0.15) is 0 Å². The second kappa shape index (κ2) is 28.5. The van der Waals surface area contributed by atoms with Crippen LogP contribution >= 0.6 is 0 Å². The molecule has 2 unspecified atom stereocenters. The molecule has 0 saturated carbocycles. The van der Waals surface area contributed by atoms with Gasteiger partial charge in [0, 0.05) is 33.4 Å². The van der Waals surface area contributed by atoms with E-state index in [2.05, 4.69) is 10.6 Å². The molecular weight excluding hydrogens is 428 g/mol. The van der Waals surface area contributed by atoms with Gasteiger partial charge in [-0.05, 0) is 20.3 Å². The second-order valence-electron chi connectivity index (χ2n) is 6.24. The van der Waals surface area contributed by atoms with Crippen LogP contribution in [-0.2, 0) is 28.8 Å². The van der Waals surface area contributed by atoms with Crippen LogP contribution < -0.4 is 10.6 Å². The lowest BCUT2D eigenvalue weighted by Crippen LogP contribution is -2.25. The van der Waals surface area contributed by atoms with Crippen LogP contribution in [0.15, 0.2) is 0 Å². The molecule has 0 aliphatic carbocycles. The van der Waals surface area contributed by atoms with Crippen LogP contribution in [0.4, 0.5) is 0 Å². The van der Waals surface area contributed by atoms with E-state index in [-0.39, 0.29) is 49.4 Å². The van der Waals surface area contributed by atoms with Gasteiger partial charge in [0.05, 0.1) is 38.3 Å².